The Balaban J connectivity index is 1.57. The van der Waals surface area contributed by atoms with Crippen molar-refractivity contribution in [3.05, 3.63) is 23.2 Å². The van der Waals surface area contributed by atoms with E-state index in [-0.39, 0.29) is 5.91 Å². The first-order valence-corrected chi connectivity index (χ1v) is 7.63. The number of carbonyl (C=O) groups excluding carboxylic acids is 1. The van der Waals surface area contributed by atoms with E-state index >= 15 is 0 Å². The van der Waals surface area contributed by atoms with Crippen LogP contribution in [-0.2, 0) is 0 Å². The zero-order chi connectivity index (χ0) is 13.9. The minimum absolute atomic E-state index is 0.0333. The number of amides is 1. The zero-order valence-corrected chi connectivity index (χ0v) is 12.2. The molecule has 1 aromatic rings. The van der Waals surface area contributed by atoms with Crippen LogP contribution in [0.15, 0.2) is 12.4 Å². The highest BCUT2D eigenvalue weighted by molar-refractivity contribution is 6.29. The van der Waals surface area contributed by atoms with Gasteiger partial charge in [-0.25, -0.2) is 9.97 Å². The molecule has 1 amide bonds. The van der Waals surface area contributed by atoms with E-state index in [0.29, 0.717) is 16.9 Å². The van der Waals surface area contributed by atoms with E-state index in [1.165, 1.54) is 38.3 Å². The number of carbonyl (C=O) groups is 1. The maximum Gasteiger partial charge on any atom is 0.274 e. The normalized spacial score (nSPS) is 21.4. The van der Waals surface area contributed by atoms with E-state index in [0.717, 1.165) is 25.9 Å². The molecule has 108 valence electrons. The Bertz CT molecular complexity index is 465. The molecule has 2 saturated heterocycles. The van der Waals surface area contributed by atoms with Gasteiger partial charge in [-0.15, -0.1) is 0 Å². The minimum atomic E-state index is -0.0333. The molecule has 0 aromatic carbocycles. The van der Waals surface area contributed by atoms with E-state index in [1.807, 2.05) is 4.90 Å². The van der Waals surface area contributed by atoms with Gasteiger partial charge in [-0.2, -0.15) is 0 Å². The van der Waals surface area contributed by atoms with Crippen molar-refractivity contribution in [3.63, 3.8) is 0 Å². The molecule has 0 N–H and O–H groups in total. The maximum absolute atomic E-state index is 12.3. The van der Waals surface area contributed by atoms with Gasteiger partial charge in [0.1, 0.15) is 10.8 Å². The molecule has 0 unspecified atom stereocenters. The highest BCUT2D eigenvalue weighted by Crippen LogP contribution is 2.21. The molecule has 0 spiro atoms. The van der Waals surface area contributed by atoms with Crippen LogP contribution in [-0.4, -0.2) is 57.9 Å². The molecule has 5 nitrogen and oxygen atoms in total. The molecule has 3 rings (SSSR count). The largest absolute Gasteiger partial charge is 0.337 e. The smallest absolute Gasteiger partial charge is 0.274 e. The van der Waals surface area contributed by atoms with Crippen molar-refractivity contribution in [2.24, 2.45) is 0 Å². The lowest BCUT2D eigenvalue weighted by Crippen LogP contribution is -2.46. The van der Waals surface area contributed by atoms with Gasteiger partial charge in [0.25, 0.3) is 5.91 Å². The quantitative estimate of drug-likeness (QED) is 0.835. The number of halogens is 1. The van der Waals surface area contributed by atoms with Crippen LogP contribution in [0.1, 0.15) is 36.2 Å². The lowest BCUT2D eigenvalue weighted by atomic mass is 10.0. The van der Waals surface area contributed by atoms with Crippen LogP contribution in [0.2, 0.25) is 5.15 Å². The summed E-state index contributed by atoms with van der Waals surface area (Å²) in [6.45, 7) is 4.07. The molecule has 0 bridgehead atoms. The fraction of sp³-hybridized carbons (Fsp3) is 0.643. The van der Waals surface area contributed by atoms with Crippen LogP contribution >= 0.6 is 11.6 Å². The molecule has 2 aliphatic rings. The molecule has 3 heterocycles. The molecule has 0 radical (unpaired) electrons. The number of hydrogen-bond acceptors (Lipinski definition) is 4. The summed E-state index contributed by atoms with van der Waals surface area (Å²) in [5.74, 6) is -0.0333. The van der Waals surface area contributed by atoms with Gasteiger partial charge in [-0.3, -0.25) is 4.79 Å². The van der Waals surface area contributed by atoms with Crippen LogP contribution < -0.4 is 0 Å². The van der Waals surface area contributed by atoms with E-state index in [9.17, 15) is 4.79 Å². The van der Waals surface area contributed by atoms with Crippen molar-refractivity contribution in [2.75, 3.05) is 26.2 Å². The van der Waals surface area contributed by atoms with Crippen LogP contribution in [0.25, 0.3) is 0 Å². The third kappa shape index (κ3) is 2.94. The molecular weight excluding hydrogens is 276 g/mol. The molecule has 0 atom stereocenters. The molecule has 0 saturated carbocycles. The summed E-state index contributed by atoms with van der Waals surface area (Å²) in [6, 6.07) is 0.651. The number of piperidine rings is 1. The standard InChI is InChI=1S/C14H19ClN4O/c15-13-10-16-12(9-17-13)14(20)19-7-3-11(4-8-19)18-5-1-2-6-18/h9-11H,1-8H2. The maximum atomic E-state index is 12.3. The highest BCUT2D eigenvalue weighted by Gasteiger charge is 2.29. The Hall–Kier alpha value is -1.20. The fourth-order valence-electron chi connectivity index (χ4n) is 3.13. The van der Waals surface area contributed by atoms with Crippen molar-refractivity contribution >= 4 is 17.5 Å². The Morgan fingerprint density at radius 2 is 1.80 bits per heavy atom. The van der Waals surface area contributed by atoms with Gasteiger partial charge in [-0.05, 0) is 38.8 Å². The number of likely N-dealkylation sites (tertiary alicyclic amines) is 2. The summed E-state index contributed by atoms with van der Waals surface area (Å²) in [6.07, 6.45) is 7.64. The van der Waals surface area contributed by atoms with Crippen molar-refractivity contribution in [1.29, 1.82) is 0 Å². The Morgan fingerprint density at radius 1 is 1.10 bits per heavy atom. The Kier molecular flexibility index (Phi) is 4.17. The minimum Gasteiger partial charge on any atom is -0.337 e. The van der Waals surface area contributed by atoms with E-state index in [4.69, 9.17) is 11.6 Å². The molecule has 2 fully saturated rings. The van der Waals surface area contributed by atoms with Gasteiger partial charge < -0.3 is 9.80 Å². The third-order valence-corrected chi connectivity index (χ3v) is 4.44. The summed E-state index contributed by atoms with van der Waals surface area (Å²) in [5, 5.41) is 0.314. The number of rotatable bonds is 2. The van der Waals surface area contributed by atoms with Crippen molar-refractivity contribution < 1.29 is 4.79 Å². The summed E-state index contributed by atoms with van der Waals surface area (Å²) in [5.41, 5.74) is 0.383. The lowest BCUT2D eigenvalue weighted by molar-refractivity contribution is 0.0638. The molecule has 20 heavy (non-hydrogen) atoms. The highest BCUT2D eigenvalue weighted by atomic mass is 35.5. The number of nitrogens with zero attached hydrogens (tertiary/aromatic N) is 4. The van der Waals surface area contributed by atoms with Crippen LogP contribution in [0.5, 0.6) is 0 Å². The Morgan fingerprint density at radius 3 is 2.40 bits per heavy atom. The summed E-state index contributed by atoms with van der Waals surface area (Å²) < 4.78 is 0. The molecular formula is C14H19ClN4O. The second kappa shape index (κ2) is 6.06. The number of aromatic nitrogens is 2. The molecule has 1 aromatic heterocycles. The van der Waals surface area contributed by atoms with Gasteiger partial charge >= 0.3 is 0 Å². The van der Waals surface area contributed by atoms with E-state index in [2.05, 4.69) is 14.9 Å². The van der Waals surface area contributed by atoms with Crippen molar-refractivity contribution in [2.45, 2.75) is 31.7 Å². The summed E-state index contributed by atoms with van der Waals surface area (Å²) in [7, 11) is 0. The van der Waals surface area contributed by atoms with Gasteiger partial charge in [0.2, 0.25) is 0 Å². The van der Waals surface area contributed by atoms with Crippen LogP contribution in [0, 0.1) is 0 Å². The van der Waals surface area contributed by atoms with Crippen LogP contribution in [0.3, 0.4) is 0 Å². The second-order valence-corrected chi connectivity index (χ2v) is 5.88. The van der Waals surface area contributed by atoms with Gasteiger partial charge in [0.15, 0.2) is 0 Å². The first-order valence-electron chi connectivity index (χ1n) is 7.25. The van der Waals surface area contributed by atoms with Crippen LogP contribution in [0.4, 0.5) is 0 Å². The number of hydrogen-bond donors (Lipinski definition) is 0. The Labute approximate surface area is 123 Å². The second-order valence-electron chi connectivity index (χ2n) is 5.49. The predicted octanol–water partition coefficient (Wildman–Crippen LogP) is 1.83. The third-order valence-electron chi connectivity index (χ3n) is 4.25. The zero-order valence-electron chi connectivity index (χ0n) is 11.5. The fourth-order valence-corrected chi connectivity index (χ4v) is 3.22. The lowest BCUT2D eigenvalue weighted by Gasteiger charge is -2.36. The first-order chi connectivity index (χ1) is 9.74. The first kappa shape index (κ1) is 13.8. The monoisotopic (exact) mass is 294 g/mol. The molecule has 0 aliphatic carbocycles. The summed E-state index contributed by atoms with van der Waals surface area (Å²) >= 11 is 5.69. The van der Waals surface area contributed by atoms with E-state index in [1.54, 1.807) is 0 Å². The topological polar surface area (TPSA) is 49.3 Å². The SMILES string of the molecule is O=C(c1cnc(Cl)cn1)N1CCC(N2CCCC2)CC1. The van der Waals surface area contributed by atoms with Gasteiger partial charge in [0, 0.05) is 19.1 Å². The molecule has 2 aliphatic heterocycles. The average molecular weight is 295 g/mol. The van der Waals surface area contributed by atoms with Gasteiger partial charge in [0.05, 0.1) is 12.4 Å². The van der Waals surface area contributed by atoms with Crippen molar-refractivity contribution in [1.82, 2.24) is 19.8 Å². The van der Waals surface area contributed by atoms with Crippen molar-refractivity contribution in [3.8, 4) is 0 Å². The summed E-state index contributed by atoms with van der Waals surface area (Å²) in [4.78, 5) is 24.7. The molecule has 6 heteroatoms. The average Bonchev–Trinajstić information content (AvgIpc) is 3.02. The predicted molar refractivity (Wildman–Crippen MR) is 76.8 cm³/mol. The van der Waals surface area contributed by atoms with Gasteiger partial charge in [-0.1, -0.05) is 11.6 Å². The van der Waals surface area contributed by atoms with E-state index < -0.39 is 0 Å².